The van der Waals surface area contributed by atoms with Crippen LogP contribution in [0.15, 0.2) is 54.9 Å². The Bertz CT molecular complexity index is 927. The summed E-state index contributed by atoms with van der Waals surface area (Å²) in [6.07, 6.45) is 3.42. The summed E-state index contributed by atoms with van der Waals surface area (Å²) in [7, 11) is 0. The molecule has 7 nitrogen and oxygen atoms in total. The Hall–Kier alpha value is -3.48. The molecule has 1 amide bonds. The molecule has 0 atom stereocenters. The summed E-state index contributed by atoms with van der Waals surface area (Å²) < 4.78 is 0. The highest BCUT2D eigenvalue weighted by Crippen LogP contribution is 2.25. The number of hydrogen-bond acceptors (Lipinski definition) is 6. The van der Waals surface area contributed by atoms with E-state index in [9.17, 15) is 4.79 Å². The number of nitrogens with zero attached hydrogens (tertiary/aromatic N) is 3. The molecule has 1 aliphatic rings. The van der Waals surface area contributed by atoms with Gasteiger partial charge >= 0.3 is 0 Å². The van der Waals surface area contributed by atoms with Gasteiger partial charge in [0.1, 0.15) is 5.82 Å². The summed E-state index contributed by atoms with van der Waals surface area (Å²) in [5, 5.41) is 9.29. The second-order valence-corrected chi connectivity index (χ2v) is 5.55. The topological polar surface area (TPSA) is 91.8 Å². The van der Waals surface area contributed by atoms with Gasteiger partial charge in [0, 0.05) is 42.3 Å². The van der Waals surface area contributed by atoms with Gasteiger partial charge in [-0.05, 0) is 36.4 Å². The summed E-state index contributed by atoms with van der Waals surface area (Å²) in [6.45, 7) is 1.05. The number of rotatable bonds is 0. The first kappa shape index (κ1) is 15.1. The monoisotopic (exact) mass is 332 g/mol. The highest BCUT2D eigenvalue weighted by atomic mass is 16.1. The van der Waals surface area contributed by atoms with Gasteiger partial charge in [-0.3, -0.25) is 4.79 Å². The summed E-state index contributed by atoms with van der Waals surface area (Å²) in [6, 6.07) is 12.9. The number of carbonyl (C=O) groups is 1. The molecule has 4 rings (SSSR count). The molecule has 0 saturated carbocycles. The van der Waals surface area contributed by atoms with Crippen molar-refractivity contribution in [3.05, 3.63) is 60.4 Å². The molecule has 4 bridgehead atoms. The highest BCUT2D eigenvalue weighted by Gasteiger charge is 2.11. The first-order valence-electron chi connectivity index (χ1n) is 7.97. The predicted molar refractivity (Wildman–Crippen MR) is 95.8 cm³/mol. The van der Waals surface area contributed by atoms with Gasteiger partial charge in [-0.2, -0.15) is 0 Å². The molecule has 3 N–H and O–H groups in total. The molecule has 0 aliphatic carbocycles. The van der Waals surface area contributed by atoms with Crippen molar-refractivity contribution in [3.8, 4) is 11.3 Å². The Kier molecular flexibility index (Phi) is 3.96. The van der Waals surface area contributed by atoms with Crippen molar-refractivity contribution in [2.24, 2.45) is 0 Å². The second-order valence-electron chi connectivity index (χ2n) is 5.55. The Morgan fingerprint density at radius 2 is 1.84 bits per heavy atom. The fraction of sp³-hybridized carbons (Fsp3) is 0.111. The average molecular weight is 332 g/mol. The SMILES string of the molecule is O=C1NCCNc2ncccc2-c2ccnc(n2)Nc2cccc1c2. The van der Waals surface area contributed by atoms with E-state index in [1.54, 1.807) is 24.5 Å². The summed E-state index contributed by atoms with van der Waals surface area (Å²) >= 11 is 0. The first-order chi connectivity index (χ1) is 12.3. The summed E-state index contributed by atoms with van der Waals surface area (Å²) in [5.74, 6) is 1.05. The van der Waals surface area contributed by atoms with Gasteiger partial charge in [-0.1, -0.05) is 6.07 Å². The van der Waals surface area contributed by atoms with Crippen LogP contribution < -0.4 is 16.0 Å². The Balaban J connectivity index is 1.79. The van der Waals surface area contributed by atoms with E-state index in [1.165, 1.54) is 0 Å². The zero-order chi connectivity index (χ0) is 17.1. The van der Waals surface area contributed by atoms with E-state index in [-0.39, 0.29) is 5.91 Å². The number of anilines is 3. The molecular formula is C18H16N6O. The number of fused-ring (bicyclic) bond motifs is 6. The van der Waals surface area contributed by atoms with Crippen molar-refractivity contribution in [1.29, 1.82) is 0 Å². The van der Waals surface area contributed by atoms with Crippen LogP contribution in [0.5, 0.6) is 0 Å². The minimum Gasteiger partial charge on any atom is -0.368 e. The van der Waals surface area contributed by atoms with Crippen LogP contribution in [0.3, 0.4) is 0 Å². The third-order valence-electron chi connectivity index (χ3n) is 3.82. The fourth-order valence-corrected chi connectivity index (χ4v) is 2.65. The van der Waals surface area contributed by atoms with Crippen molar-refractivity contribution in [3.63, 3.8) is 0 Å². The maximum atomic E-state index is 12.3. The molecule has 0 unspecified atom stereocenters. The van der Waals surface area contributed by atoms with E-state index in [2.05, 4.69) is 30.9 Å². The zero-order valence-corrected chi connectivity index (χ0v) is 13.4. The van der Waals surface area contributed by atoms with Gasteiger partial charge in [0.15, 0.2) is 0 Å². The van der Waals surface area contributed by atoms with E-state index in [0.29, 0.717) is 24.6 Å². The summed E-state index contributed by atoms with van der Waals surface area (Å²) in [5.41, 5.74) is 2.98. The van der Waals surface area contributed by atoms with E-state index in [0.717, 1.165) is 22.8 Å². The van der Waals surface area contributed by atoms with Crippen molar-refractivity contribution < 1.29 is 4.79 Å². The van der Waals surface area contributed by atoms with Crippen LogP contribution in [0.1, 0.15) is 10.4 Å². The molecule has 2 aromatic heterocycles. The second kappa shape index (κ2) is 6.56. The lowest BCUT2D eigenvalue weighted by Gasteiger charge is -2.13. The Morgan fingerprint density at radius 1 is 0.920 bits per heavy atom. The number of benzene rings is 1. The molecule has 3 aromatic rings. The number of amides is 1. The maximum absolute atomic E-state index is 12.3. The number of aromatic nitrogens is 3. The molecule has 0 saturated heterocycles. The average Bonchev–Trinajstić information content (AvgIpc) is 2.65. The minimum atomic E-state index is -0.126. The number of pyridine rings is 1. The van der Waals surface area contributed by atoms with Gasteiger partial charge in [0.25, 0.3) is 5.91 Å². The number of carbonyl (C=O) groups excluding carboxylic acids is 1. The van der Waals surface area contributed by atoms with Crippen LogP contribution in [0, 0.1) is 0 Å². The molecule has 3 heterocycles. The van der Waals surface area contributed by atoms with E-state index >= 15 is 0 Å². The fourth-order valence-electron chi connectivity index (χ4n) is 2.65. The largest absolute Gasteiger partial charge is 0.368 e. The van der Waals surface area contributed by atoms with Crippen molar-refractivity contribution in [1.82, 2.24) is 20.3 Å². The van der Waals surface area contributed by atoms with Crippen LogP contribution in [0.4, 0.5) is 17.5 Å². The lowest BCUT2D eigenvalue weighted by Crippen LogP contribution is -2.29. The first-order valence-corrected chi connectivity index (χ1v) is 7.97. The molecule has 0 radical (unpaired) electrons. The Labute approximate surface area is 144 Å². The lowest BCUT2D eigenvalue weighted by molar-refractivity contribution is 0.0955. The number of nitrogens with one attached hydrogen (secondary N) is 3. The van der Waals surface area contributed by atoms with Crippen molar-refractivity contribution in [2.75, 3.05) is 23.7 Å². The molecule has 0 fully saturated rings. The number of hydrogen-bond donors (Lipinski definition) is 3. The molecular weight excluding hydrogens is 316 g/mol. The highest BCUT2D eigenvalue weighted by molar-refractivity contribution is 5.95. The van der Waals surface area contributed by atoms with Crippen LogP contribution in [-0.4, -0.2) is 33.9 Å². The normalized spacial score (nSPS) is 13.5. The summed E-state index contributed by atoms with van der Waals surface area (Å²) in [4.78, 5) is 25.5. The van der Waals surface area contributed by atoms with E-state index in [4.69, 9.17) is 0 Å². The molecule has 25 heavy (non-hydrogen) atoms. The van der Waals surface area contributed by atoms with Crippen LogP contribution >= 0.6 is 0 Å². The van der Waals surface area contributed by atoms with Gasteiger partial charge in [0.05, 0.1) is 5.69 Å². The van der Waals surface area contributed by atoms with Crippen LogP contribution in [0.2, 0.25) is 0 Å². The van der Waals surface area contributed by atoms with Gasteiger partial charge in [0.2, 0.25) is 5.95 Å². The molecule has 7 heteroatoms. The zero-order valence-electron chi connectivity index (χ0n) is 13.4. The van der Waals surface area contributed by atoms with Gasteiger partial charge in [-0.15, -0.1) is 0 Å². The lowest BCUT2D eigenvalue weighted by atomic mass is 10.1. The van der Waals surface area contributed by atoms with Crippen molar-refractivity contribution in [2.45, 2.75) is 0 Å². The van der Waals surface area contributed by atoms with Crippen LogP contribution in [0.25, 0.3) is 11.3 Å². The van der Waals surface area contributed by atoms with Crippen LogP contribution in [-0.2, 0) is 0 Å². The van der Waals surface area contributed by atoms with E-state index < -0.39 is 0 Å². The van der Waals surface area contributed by atoms with Gasteiger partial charge in [-0.25, -0.2) is 15.0 Å². The van der Waals surface area contributed by atoms with E-state index in [1.807, 2.05) is 30.3 Å². The smallest absolute Gasteiger partial charge is 0.251 e. The molecule has 1 aromatic carbocycles. The predicted octanol–water partition coefficient (Wildman–Crippen LogP) is 2.44. The van der Waals surface area contributed by atoms with Gasteiger partial charge < -0.3 is 16.0 Å². The third-order valence-corrected chi connectivity index (χ3v) is 3.82. The van der Waals surface area contributed by atoms with Crippen molar-refractivity contribution >= 4 is 23.4 Å². The Morgan fingerprint density at radius 3 is 2.80 bits per heavy atom. The minimum absolute atomic E-state index is 0.126. The molecule has 1 aliphatic heterocycles. The standard InChI is InChI=1S/C18H16N6O/c25-17-12-3-1-4-13(11-12)23-18-22-8-6-15(24-18)14-5-2-7-19-16(14)20-9-10-21-17/h1-8,11H,9-10H2,(H,19,20)(H,21,25)(H,22,23,24). The third kappa shape index (κ3) is 3.25. The molecule has 0 spiro atoms. The maximum Gasteiger partial charge on any atom is 0.251 e. The quantitative estimate of drug-likeness (QED) is 0.586. The molecule has 124 valence electrons.